The first-order chi connectivity index (χ1) is 35.0. The quantitative estimate of drug-likeness (QED) is 0.0261. The van der Waals surface area contributed by atoms with E-state index in [-0.39, 0.29) is 44.0 Å². The van der Waals surface area contributed by atoms with Crippen molar-refractivity contribution in [1.29, 1.82) is 0 Å². The number of carbonyl (C=O) groups excluding carboxylic acids is 3. The summed E-state index contributed by atoms with van der Waals surface area (Å²) in [4.78, 5) is 38.1. The predicted octanol–water partition coefficient (Wildman–Crippen LogP) is 19.6. The Morgan fingerprint density at radius 1 is 0.296 bits per heavy atom. The molecule has 0 radical (unpaired) electrons. The average Bonchev–Trinajstić information content (AvgIpc) is 3.37. The molecule has 0 bridgehead atoms. The minimum absolute atomic E-state index is 0.124. The zero-order chi connectivity index (χ0) is 51.4. The third-order valence-corrected chi connectivity index (χ3v) is 12.0. The van der Waals surface area contributed by atoms with Gasteiger partial charge in [0.05, 0.1) is 0 Å². The molecule has 1 atom stereocenters. The highest BCUT2D eigenvalue weighted by Gasteiger charge is 2.19. The van der Waals surface area contributed by atoms with E-state index in [1.165, 1.54) is 116 Å². The normalized spacial score (nSPS) is 13.0. The van der Waals surface area contributed by atoms with Crippen LogP contribution in [0.3, 0.4) is 0 Å². The van der Waals surface area contributed by atoms with Gasteiger partial charge in [-0.1, -0.05) is 258 Å². The molecule has 0 aromatic heterocycles. The minimum Gasteiger partial charge on any atom is -0.462 e. The first-order valence-corrected chi connectivity index (χ1v) is 29.0. The lowest BCUT2D eigenvalue weighted by Gasteiger charge is -2.18. The number of carbonyl (C=O) groups is 3. The van der Waals surface area contributed by atoms with Crippen molar-refractivity contribution in [2.75, 3.05) is 13.2 Å². The topological polar surface area (TPSA) is 78.9 Å². The molecule has 0 aliphatic carbocycles. The molecule has 6 nitrogen and oxygen atoms in total. The van der Waals surface area contributed by atoms with Crippen LogP contribution in [-0.4, -0.2) is 37.2 Å². The van der Waals surface area contributed by atoms with Crippen LogP contribution in [0.2, 0.25) is 0 Å². The van der Waals surface area contributed by atoms with Crippen LogP contribution in [0.1, 0.15) is 252 Å². The Kier molecular flexibility index (Phi) is 54.9. The standard InChI is InChI=1S/C65H106O6/c1-4-7-10-13-16-19-22-25-28-31-32-35-37-40-43-46-49-52-55-58-64(67)70-61-62(71-65(68)59-56-53-50-47-44-41-38-34-30-27-24-21-18-15-12-9-6-3)60-69-63(66)57-54-51-48-45-42-39-36-33-29-26-23-20-17-14-11-8-5-2/h9,12,16,18-19,21,25,27-28,30,32,35,38,40-41,43,47,49-50,52,62H,4-8,10-11,13-15,17,20,22-24,26,29,31,33-34,36-37,39,42,44-46,48,51,53-61H2,1-3H3/b12-9-,19-16-,21-18-,28-25-,30-27-,35-32-,41-38-,43-40-,50-47-,52-49-/t62-/m0/s1. The minimum atomic E-state index is -0.840. The van der Waals surface area contributed by atoms with Gasteiger partial charge in [0.25, 0.3) is 0 Å². The van der Waals surface area contributed by atoms with Gasteiger partial charge in [0, 0.05) is 19.3 Å². The number of rotatable bonds is 51. The van der Waals surface area contributed by atoms with Crippen molar-refractivity contribution in [3.63, 3.8) is 0 Å². The summed E-state index contributed by atoms with van der Waals surface area (Å²) in [7, 11) is 0. The highest BCUT2D eigenvalue weighted by Crippen LogP contribution is 2.15. The SMILES string of the molecule is CC/C=C\C/C=C\C/C=C\C/C=C\C/C=C\CCCC(=O)O[C@H](COC(=O)CC/C=C\C/C=C\C/C=C\C/C=C\C/C=C\CCCCC)COC(=O)CCCCCCCCCCCCCCCCCCC. The molecule has 0 N–H and O–H groups in total. The molecule has 0 aromatic carbocycles. The van der Waals surface area contributed by atoms with Gasteiger partial charge < -0.3 is 14.2 Å². The first-order valence-electron chi connectivity index (χ1n) is 29.0. The van der Waals surface area contributed by atoms with Crippen molar-refractivity contribution in [2.24, 2.45) is 0 Å². The van der Waals surface area contributed by atoms with E-state index in [9.17, 15) is 14.4 Å². The summed E-state index contributed by atoms with van der Waals surface area (Å²) in [6, 6.07) is 0. The molecule has 0 aliphatic rings. The molecular formula is C65H106O6. The fraction of sp³-hybridized carbons (Fsp3) is 0.646. The predicted molar refractivity (Wildman–Crippen MR) is 306 cm³/mol. The second-order valence-corrected chi connectivity index (χ2v) is 18.8. The van der Waals surface area contributed by atoms with E-state index in [2.05, 4.69) is 136 Å². The Labute approximate surface area is 437 Å². The summed E-state index contributed by atoms with van der Waals surface area (Å²) >= 11 is 0. The van der Waals surface area contributed by atoms with Crippen molar-refractivity contribution in [3.05, 3.63) is 122 Å². The van der Waals surface area contributed by atoms with Crippen LogP contribution in [-0.2, 0) is 28.6 Å². The maximum atomic E-state index is 12.8. The molecule has 0 spiro atoms. The van der Waals surface area contributed by atoms with Gasteiger partial charge in [0.2, 0.25) is 0 Å². The maximum absolute atomic E-state index is 12.8. The van der Waals surface area contributed by atoms with Gasteiger partial charge in [-0.25, -0.2) is 0 Å². The molecule has 0 aliphatic heterocycles. The zero-order valence-corrected chi connectivity index (χ0v) is 45.9. The highest BCUT2D eigenvalue weighted by molar-refractivity contribution is 5.71. The molecule has 0 unspecified atom stereocenters. The van der Waals surface area contributed by atoms with Gasteiger partial charge in [-0.05, 0) is 96.3 Å². The summed E-state index contributed by atoms with van der Waals surface area (Å²) in [6.45, 7) is 6.39. The lowest BCUT2D eigenvalue weighted by molar-refractivity contribution is -0.166. The Morgan fingerprint density at radius 2 is 0.592 bits per heavy atom. The van der Waals surface area contributed by atoms with E-state index in [1.807, 2.05) is 6.08 Å². The van der Waals surface area contributed by atoms with E-state index < -0.39 is 6.10 Å². The Balaban J connectivity index is 4.58. The van der Waals surface area contributed by atoms with Crippen molar-refractivity contribution in [3.8, 4) is 0 Å². The third-order valence-electron chi connectivity index (χ3n) is 12.0. The lowest BCUT2D eigenvalue weighted by atomic mass is 10.0. The smallest absolute Gasteiger partial charge is 0.306 e. The van der Waals surface area contributed by atoms with Crippen LogP contribution < -0.4 is 0 Å². The maximum Gasteiger partial charge on any atom is 0.306 e. The lowest BCUT2D eigenvalue weighted by Crippen LogP contribution is -2.30. The van der Waals surface area contributed by atoms with Gasteiger partial charge in [-0.3, -0.25) is 14.4 Å². The van der Waals surface area contributed by atoms with Crippen LogP contribution >= 0.6 is 0 Å². The van der Waals surface area contributed by atoms with Crippen molar-refractivity contribution >= 4 is 17.9 Å². The number of unbranched alkanes of at least 4 members (excludes halogenated alkanes) is 20. The molecule has 6 heteroatoms. The number of allylic oxidation sites excluding steroid dienone is 20. The first kappa shape index (κ1) is 66.8. The number of hydrogen-bond acceptors (Lipinski definition) is 6. The molecule has 0 fully saturated rings. The van der Waals surface area contributed by atoms with Crippen molar-refractivity contribution < 1.29 is 28.6 Å². The molecule has 0 heterocycles. The van der Waals surface area contributed by atoms with Crippen molar-refractivity contribution in [1.82, 2.24) is 0 Å². The second-order valence-electron chi connectivity index (χ2n) is 18.8. The third kappa shape index (κ3) is 56.6. The van der Waals surface area contributed by atoms with Gasteiger partial charge in [-0.15, -0.1) is 0 Å². The number of esters is 3. The Bertz CT molecular complexity index is 1500. The van der Waals surface area contributed by atoms with Crippen LogP contribution in [0.5, 0.6) is 0 Å². The number of hydrogen-bond donors (Lipinski definition) is 0. The summed E-state index contributed by atoms with van der Waals surface area (Å²) in [6.07, 6.45) is 80.6. The highest BCUT2D eigenvalue weighted by atomic mass is 16.6. The van der Waals surface area contributed by atoms with Crippen LogP contribution in [0.25, 0.3) is 0 Å². The van der Waals surface area contributed by atoms with E-state index in [4.69, 9.17) is 14.2 Å². The fourth-order valence-electron chi connectivity index (χ4n) is 7.64. The molecule has 71 heavy (non-hydrogen) atoms. The molecule has 0 aromatic rings. The monoisotopic (exact) mass is 983 g/mol. The van der Waals surface area contributed by atoms with Crippen molar-refractivity contribution in [2.45, 2.75) is 258 Å². The largest absolute Gasteiger partial charge is 0.462 e. The van der Waals surface area contributed by atoms with Crippen LogP contribution in [0.15, 0.2) is 122 Å². The Morgan fingerprint density at radius 3 is 0.986 bits per heavy atom. The molecule has 0 saturated carbocycles. The Hall–Kier alpha value is -4.19. The van der Waals surface area contributed by atoms with Gasteiger partial charge in [0.15, 0.2) is 6.10 Å². The summed E-state index contributed by atoms with van der Waals surface area (Å²) < 4.78 is 16.7. The number of ether oxygens (including phenoxy) is 3. The second kappa shape index (κ2) is 58.4. The average molecular weight is 984 g/mol. The molecular weight excluding hydrogens is 877 g/mol. The van der Waals surface area contributed by atoms with Gasteiger partial charge in [-0.2, -0.15) is 0 Å². The molecule has 402 valence electrons. The van der Waals surface area contributed by atoms with Crippen LogP contribution in [0.4, 0.5) is 0 Å². The van der Waals surface area contributed by atoms with Crippen LogP contribution in [0, 0.1) is 0 Å². The zero-order valence-electron chi connectivity index (χ0n) is 45.9. The summed E-state index contributed by atoms with van der Waals surface area (Å²) in [5.41, 5.74) is 0. The van der Waals surface area contributed by atoms with E-state index in [0.717, 1.165) is 83.5 Å². The molecule has 0 rings (SSSR count). The summed E-state index contributed by atoms with van der Waals surface area (Å²) in [5, 5.41) is 0. The summed E-state index contributed by atoms with van der Waals surface area (Å²) in [5.74, 6) is -1.07. The van der Waals surface area contributed by atoms with E-state index in [1.54, 1.807) is 0 Å². The molecule has 0 saturated heterocycles. The van der Waals surface area contributed by atoms with E-state index in [0.29, 0.717) is 19.3 Å². The fourth-order valence-corrected chi connectivity index (χ4v) is 7.64. The van der Waals surface area contributed by atoms with E-state index >= 15 is 0 Å². The van der Waals surface area contributed by atoms with Gasteiger partial charge in [0.1, 0.15) is 13.2 Å². The molecule has 0 amide bonds. The van der Waals surface area contributed by atoms with Gasteiger partial charge >= 0.3 is 17.9 Å².